The summed E-state index contributed by atoms with van der Waals surface area (Å²) in [4.78, 5) is 0. The number of hydrogen-bond donors (Lipinski definition) is 2. The molecule has 0 amide bonds. The molecule has 3 unspecified atom stereocenters. The van der Waals surface area contributed by atoms with E-state index in [0.717, 1.165) is 24.0 Å². The Labute approximate surface area is 102 Å². The van der Waals surface area contributed by atoms with E-state index < -0.39 is 0 Å². The van der Waals surface area contributed by atoms with Crippen LogP contribution in [0.1, 0.15) is 37.4 Å². The Morgan fingerprint density at radius 1 is 1.47 bits per heavy atom. The minimum atomic E-state index is -0.0883. The second-order valence-corrected chi connectivity index (χ2v) is 5.01. The van der Waals surface area contributed by atoms with Crippen molar-refractivity contribution in [3.05, 3.63) is 35.1 Å². The highest BCUT2D eigenvalue weighted by molar-refractivity contribution is 5.35. The number of benzene rings is 1. The quantitative estimate of drug-likeness (QED) is 0.843. The third-order valence-corrected chi connectivity index (χ3v) is 3.82. The molecule has 0 aliphatic heterocycles. The third-order valence-electron chi connectivity index (χ3n) is 3.82. The molecular formula is C14H20FNO. The number of aliphatic hydroxyl groups is 1. The molecule has 0 saturated heterocycles. The average Bonchev–Trinajstić information content (AvgIpc) is 2.73. The van der Waals surface area contributed by atoms with E-state index in [2.05, 4.69) is 12.2 Å². The fraction of sp³-hybridized carbons (Fsp3) is 0.571. The zero-order chi connectivity index (χ0) is 12.4. The molecule has 0 spiro atoms. The Balaban J connectivity index is 2.10. The highest BCUT2D eigenvalue weighted by Gasteiger charge is 2.26. The van der Waals surface area contributed by atoms with Crippen LogP contribution in [-0.4, -0.2) is 17.8 Å². The molecule has 1 aromatic carbocycles. The summed E-state index contributed by atoms with van der Waals surface area (Å²) in [6.45, 7) is 4.26. The summed E-state index contributed by atoms with van der Waals surface area (Å²) in [5.74, 6) is 0.127. The summed E-state index contributed by atoms with van der Waals surface area (Å²) < 4.78 is 13.6. The number of aliphatic hydroxyl groups excluding tert-OH is 1. The van der Waals surface area contributed by atoms with E-state index in [-0.39, 0.29) is 30.4 Å². The van der Waals surface area contributed by atoms with Crippen molar-refractivity contribution in [3.63, 3.8) is 0 Å². The first-order chi connectivity index (χ1) is 8.13. The van der Waals surface area contributed by atoms with Crippen LogP contribution in [0.3, 0.4) is 0 Å². The van der Waals surface area contributed by atoms with Crippen molar-refractivity contribution >= 4 is 0 Å². The van der Waals surface area contributed by atoms with Crippen molar-refractivity contribution in [1.82, 2.24) is 5.32 Å². The van der Waals surface area contributed by atoms with Crippen LogP contribution < -0.4 is 5.32 Å². The SMILES string of the molecule is CC(CO)C(C)NC1CCc2c(F)cccc21. The summed E-state index contributed by atoms with van der Waals surface area (Å²) in [6.07, 6.45) is 1.75. The van der Waals surface area contributed by atoms with Crippen LogP contribution in [0, 0.1) is 11.7 Å². The van der Waals surface area contributed by atoms with Gasteiger partial charge in [0.25, 0.3) is 0 Å². The van der Waals surface area contributed by atoms with Crippen molar-refractivity contribution in [2.75, 3.05) is 6.61 Å². The first kappa shape index (κ1) is 12.5. The van der Waals surface area contributed by atoms with Crippen LogP contribution in [0.2, 0.25) is 0 Å². The van der Waals surface area contributed by atoms with Gasteiger partial charge in [-0.25, -0.2) is 4.39 Å². The average molecular weight is 237 g/mol. The predicted molar refractivity (Wildman–Crippen MR) is 66.3 cm³/mol. The summed E-state index contributed by atoms with van der Waals surface area (Å²) in [6, 6.07) is 5.76. The molecule has 0 bridgehead atoms. The molecule has 0 aromatic heterocycles. The van der Waals surface area contributed by atoms with E-state index in [4.69, 9.17) is 5.11 Å². The second kappa shape index (κ2) is 5.15. The van der Waals surface area contributed by atoms with Crippen LogP contribution in [0.4, 0.5) is 4.39 Å². The van der Waals surface area contributed by atoms with E-state index in [9.17, 15) is 4.39 Å². The van der Waals surface area contributed by atoms with Crippen LogP contribution in [0.15, 0.2) is 18.2 Å². The van der Waals surface area contributed by atoms with Gasteiger partial charge in [0.1, 0.15) is 5.82 Å². The third kappa shape index (κ3) is 2.50. The van der Waals surface area contributed by atoms with E-state index in [1.165, 1.54) is 6.07 Å². The fourth-order valence-electron chi connectivity index (χ4n) is 2.42. The lowest BCUT2D eigenvalue weighted by Crippen LogP contribution is -2.36. The molecule has 0 radical (unpaired) electrons. The molecule has 0 saturated carbocycles. The smallest absolute Gasteiger partial charge is 0.126 e. The second-order valence-electron chi connectivity index (χ2n) is 5.01. The van der Waals surface area contributed by atoms with Gasteiger partial charge in [0.2, 0.25) is 0 Å². The molecule has 0 fully saturated rings. The van der Waals surface area contributed by atoms with E-state index in [1.807, 2.05) is 13.0 Å². The van der Waals surface area contributed by atoms with Gasteiger partial charge >= 0.3 is 0 Å². The number of rotatable bonds is 4. The Bertz CT molecular complexity index is 394. The molecule has 3 atom stereocenters. The number of nitrogens with one attached hydrogen (secondary N) is 1. The molecule has 94 valence electrons. The van der Waals surface area contributed by atoms with Crippen molar-refractivity contribution in [2.24, 2.45) is 5.92 Å². The van der Waals surface area contributed by atoms with Gasteiger partial charge in [-0.3, -0.25) is 0 Å². The molecule has 17 heavy (non-hydrogen) atoms. The molecule has 1 aliphatic carbocycles. The van der Waals surface area contributed by atoms with E-state index in [1.54, 1.807) is 6.07 Å². The van der Waals surface area contributed by atoms with Gasteiger partial charge in [0.15, 0.2) is 0 Å². The van der Waals surface area contributed by atoms with Gasteiger partial charge in [-0.15, -0.1) is 0 Å². The number of halogens is 1. The molecule has 2 nitrogen and oxygen atoms in total. The first-order valence-corrected chi connectivity index (χ1v) is 6.27. The topological polar surface area (TPSA) is 32.3 Å². The Morgan fingerprint density at radius 2 is 2.24 bits per heavy atom. The molecule has 1 aliphatic rings. The van der Waals surface area contributed by atoms with Crippen molar-refractivity contribution in [1.29, 1.82) is 0 Å². The Hall–Kier alpha value is -0.930. The highest BCUT2D eigenvalue weighted by Crippen LogP contribution is 2.33. The highest BCUT2D eigenvalue weighted by atomic mass is 19.1. The molecule has 0 heterocycles. The fourth-order valence-corrected chi connectivity index (χ4v) is 2.42. The monoisotopic (exact) mass is 237 g/mol. The molecule has 2 N–H and O–H groups in total. The van der Waals surface area contributed by atoms with Gasteiger partial charge < -0.3 is 10.4 Å². The van der Waals surface area contributed by atoms with Gasteiger partial charge in [0.05, 0.1) is 0 Å². The van der Waals surface area contributed by atoms with Crippen molar-refractivity contribution in [2.45, 2.75) is 38.8 Å². The van der Waals surface area contributed by atoms with Crippen LogP contribution in [0.25, 0.3) is 0 Å². The van der Waals surface area contributed by atoms with Gasteiger partial charge in [-0.05, 0) is 42.9 Å². The van der Waals surface area contributed by atoms with Crippen molar-refractivity contribution in [3.8, 4) is 0 Å². The predicted octanol–water partition coefficient (Wildman–Crippen LogP) is 2.42. The van der Waals surface area contributed by atoms with E-state index >= 15 is 0 Å². The van der Waals surface area contributed by atoms with Gasteiger partial charge in [-0.1, -0.05) is 19.1 Å². The van der Waals surface area contributed by atoms with Gasteiger partial charge in [-0.2, -0.15) is 0 Å². The summed E-state index contributed by atoms with van der Waals surface area (Å²) >= 11 is 0. The normalized spacial score (nSPS) is 22.2. The first-order valence-electron chi connectivity index (χ1n) is 6.27. The Morgan fingerprint density at radius 3 is 2.94 bits per heavy atom. The lowest BCUT2D eigenvalue weighted by molar-refractivity contribution is 0.200. The van der Waals surface area contributed by atoms with Crippen LogP contribution >= 0.6 is 0 Å². The minimum Gasteiger partial charge on any atom is -0.396 e. The van der Waals surface area contributed by atoms with Crippen LogP contribution in [-0.2, 0) is 6.42 Å². The number of hydrogen-bond acceptors (Lipinski definition) is 2. The molecule has 1 aromatic rings. The maximum Gasteiger partial charge on any atom is 0.126 e. The summed E-state index contributed by atoms with van der Waals surface area (Å²) in [5, 5.41) is 12.6. The maximum absolute atomic E-state index is 13.6. The standard InChI is InChI=1S/C14H20FNO/c1-9(8-17)10(2)16-14-7-6-11-12(14)4-3-5-13(11)15/h3-5,9-10,14,16-17H,6-8H2,1-2H3. The number of fused-ring (bicyclic) bond motifs is 1. The maximum atomic E-state index is 13.6. The largest absolute Gasteiger partial charge is 0.396 e. The van der Waals surface area contributed by atoms with Gasteiger partial charge in [0, 0.05) is 18.7 Å². The van der Waals surface area contributed by atoms with E-state index in [0.29, 0.717) is 0 Å². The lowest BCUT2D eigenvalue weighted by Gasteiger charge is -2.24. The molecule has 3 heteroatoms. The Kier molecular flexibility index (Phi) is 3.79. The summed E-state index contributed by atoms with van der Waals surface area (Å²) in [5.41, 5.74) is 1.94. The molecule has 2 rings (SSSR count). The summed E-state index contributed by atoms with van der Waals surface area (Å²) in [7, 11) is 0. The lowest BCUT2D eigenvalue weighted by atomic mass is 10.0. The van der Waals surface area contributed by atoms with Crippen LogP contribution in [0.5, 0.6) is 0 Å². The molecular weight excluding hydrogens is 217 g/mol. The zero-order valence-electron chi connectivity index (χ0n) is 10.4. The minimum absolute atomic E-state index is 0.0883. The van der Waals surface area contributed by atoms with Crippen molar-refractivity contribution < 1.29 is 9.50 Å². The zero-order valence-corrected chi connectivity index (χ0v) is 10.4.